The van der Waals surface area contributed by atoms with Gasteiger partial charge in [-0.2, -0.15) is 0 Å². The molecule has 0 radical (unpaired) electrons. The number of methoxy groups -OCH3 is 4. The van der Waals surface area contributed by atoms with Gasteiger partial charge in [0.1, 0.15) is 24.4 Å². The zero-order valence-corrected chi connectivity index (χ0v) is 11.9. The summed E-state index contributed by atoms with van der Waals surface area (Å²) in [6.07, 6.45) is -2.05. The molecule has 1 aliphatic rings. The van der Waals surface area contributed by atoms with Gasteiger partial charge in [-0.3, -0.25) is 0 Å². The molecule has 0 aromatic carbocycles. The molecule has 1 aliphatic heterocycles. The lowest BCUT2D eigenvalue weighted by atomic mass is 9.98. The average Bonchev–Trinajstić information content (AvgIpc) is 2.44. The Hall–Kier alpha value is -0.280. The molecule has 7 nitrogen and oxygen atoms in total. The summed E-state index contributed by atoms with van der Waals surface area (Å²) in [7, 11) is 6.31. The van der Waals surface area contributed by atoms with Crippen LogP contribution in [0.1, 0.15) is 0 Å². The van der Waals surface area contributed by atoms with Crippen LogP contribution in [-0.2, 0) is 28.4 Å². The Kier molecular flexibility index (Phi) is 7.77. The maximum atomic E-state index is 8.84. The molecule has 0 aromatic rings. The molecular formula is C12H24O7. The smallest absolute Gasteiger partial charge is 0.187 e. The maximum absolute atomic E-state index is 8.84. The van der Waals surface area contributed by atoms with E-state index >= 15 is 0 Å². The van der Waals surface area contributed by atoms with Gasteiger partial charge in [-0.05, 0) is 0 Å². The molecule has 1 saturated heterocycles. The van der Waals surface area contributed by atoms with Crippen LogP contribution < -0.4 is 0 Å². The molecule has 19 heavy (non-hydrogen) atoms. The molecule has 0 aromatic heterocycles. The lowest BCUT2D eigenvalue weighted by Crippen LogP contribution is -2.61. The SMILES string of the molecule is COC[C@H]1O[C@@H](OCCO)[C@H](OC)[C@@H](OC)[C@@H]1OC. The topological polar surface area (TPSA) is 75.6 Å². The summed E-state index contributed by atoms with van der Waals surface area (Å²) in [6.45, 7) is 0.433. The molecule has 1 rings (SSSR count). The van der Waals surface area contributed by atoms with Crippen molar-refractivity contribution in [2.75, 3.05) is 48.3 Å². The van der Waals surface area contributed by atoms with E-state index in [1.54, 1.807) is 28.4 Å². The van der Waals surface area contributed by atoms with E-state index in [1.165, 1.54) is 0 Å². The van der Waals surface area contributed by atoms with E-state index in [0.29, 0.717) is 6.61 Å². The number of rotatable bonds is 8. The summed E-state index contributed by atoms with van der Waals surface area (Å²) in [5, 5.41) is 8.84. The molecule has 5 atom stereocenters. The van der Waals surface area contributed by atoms with Gasteiger partial charge in [0.25, 0.3) is 0 Å². The standard InChI is InChI=1S/C12H24O7/c1-14-7-8-9(15-2)10(16-3)11(17-4)12(19-8)18-6-5-13/h8-13H,5-7H2,1-4H3/t8-,9-,10+,11-,12-/m1/s1. The number of aliphatic hydroxyl groups is 1. The second kappa shape index (κ2) is 8.80. The van der Waals surface area contributed by atoms with Gasteiger partial charge < -0.3 is 33.5 Å². The lowest BCUT2D eigenvalue weighted by Gasteiger charge is -2.44. The first-order valence-electron chi connectivity index (χ1n) is 6.18. The highest BCUT2D eigenvalue weighted by Crippen LogP contribution is 2.27. The van der Waals surface area contributed by atoms with Gasteiger partial charge in [0.2, 0.25) is 0 Å². The first-order chi connectivity index (χ1) is 9.23. The second-order valence-corrected chi connectivity index (χ2v) is 4.19. The molecule has 7 heteroatoms. The summed E-state index contributed by atoms with van der Waals surface area (Å²) < 4.78 is 32.6. The van der Waals surface area contributed by atoms with E-state index in [4.69, 9.17) is 33.5 Å². The monoisotopic (exact) mass is 280 g/mol. The molecule has 0 unspecified atom stereocenters. The van der Waals surface area contributed by atoms with Crippen molar-refractivity contribution in [3.8, 4) is 0 Å². The van der Waals surface area contributed by atoms with E-state index in [9.17, 15) is 0 Å². The molecule has 0 spiro atoms. The van der Waals surface area contributed by atoms with Crippen molar-refractivity contribution < 1.29 is 33.5 Å². The molecule has 0 aliphatic carbocycles. The summed E-state index contributed by atoms with van der Waals surface area (Å²) in [5.74, 6) is 0. The third kappa shape index (κ3) is 4.09. The van der Waals surface area contributed by atoms with Gasteiger partial charge in [-0.15, -0.1) is 0 Å². The van der Waals surface area contributed by atoms with Crippen molar-refractivity contribution in [2.45, 2.75) is 30.7 Å². The van der Waals surface area contributed by atoms with Gasteiger partial charge in [0.15, 0.2) is 6.29 Å². The van der Waals surface area contributed by atoms with Crippen molar-refractivity contribution in [3.05, 3.63) is 0 Å². The van der Waals surface area contributed by atoms with Crippen LogP contribution in [0.4, 0.5) is 0 Å². The fourth-order valence-corrected chi connectivity index (χ4v) is 2.28. The molecule has 0 bridgehead atoms. The molecule has 1 fully saturated rings. The van der Waals surface area contributed by atoms with Gasteiger partial charge in [0.05, 0.1) is 19.8 Å². The van der Waals surface area contributed by atoms with Gasteiger partial charge in [0, 0.05) is 28.4 Å². The molecular weight excluding hydrogens is 256 g/mol. The fraction of sp³-hybridized carbons (Fsp3) is 1.00. The first kappa shape index (κ1) is 16.8. The van der Waals surface area contributed by atoms with Crippen LogP contribution >= 0.6 is 0 Å². The van der Waals surface area contributed by atoms with Crippen LogP contribution in [0.15, 0.2) is 0 Å². The summed E-state index contributed by atoms with van der Waals surface area (Å²) in [5.41, 5.74) is 0. The molecule has 0 saturated carbocycles. The largest absolute Gasteiger partial charge is 0.394 e. The first-order valence-corrected chi connectivity index (χ1v) is 6.18. The summed E-state index contributed by atoms with van der Waals surface area (Å²) >= 11 is 0. The third-order valence-electron chi connectivity index (χ3n) is 3.11. The van der Waals surface area contributed by atoms with Crippen molar-refractivity contribution in [3.63, 3.8) is 0 Å². The molecule has 1 N–H and O–H groups in total. The van der Waals surface area contributed by atoms with Gasteiger partial charge in [-0.25, -0.2) is 0 Å². The highest BCUT2D eigenvalue weighted by molar-refractivity contribution is 4.92. The van der Waals surface area contributed by atoms with Crippen molar-refractivity contribution in [2.24, 2.45) is 0 Å². The Morgan fingerprint density at radius 3 is 2.05 bits per heavy atom. The zero-order chi connectivity index (χ0) is 14.3. The Morgan fingerprint density at radius 2 is 1.58 bits per heavy atom. The molecule has 114 valence electrons. The Morgan fingerprint density at radius 1 is 0.947 bits per heavy atom. The van der Waals surface area contributed by atoms with Crippen molar-refractivity contribution in [1.82, 2.24) is 0 Å². The van der Waals surface area contributed by atoms with Crippen LogP contribution in [0, 0.1) is 0 Å². The lowest BCUT2D eigenvalue weighted by molar-refractivity contribution is -0.314. The highest BCUT2D eigenvalue weighted by Gasteiger charge is 2.47. The average molecular weight is 280 g/mol. The molecule has 1 heterocycles. The summed E-state index contributed by atoms with van der Waals surface area (Å²) in [6, 6.07) is 0. The van der Waals surface area contributed by atoms with E-state index in [0.717, 1.165) is 0 Å². The second-order valence-electron chi connectivity index (χ2n) is 4.19. The van der Waals surface area contributed by atoms with Crippen LogP contribution in [0.25, 0.3) is 0 Å². The van der Waals surface area contributed by atoms with E-state index in [2.05, 4.69) is 0 Å². The van der Waals surface area contributed by atoms with Gasteiger partial charge in [-0.1, -0.05) is 0 Å². The number of hydrogen-bond acceptors (Lipinski definition) is 7. The van der Waals surface area contributed by atoms with E-state index < -0.39 is 12.4 Å². The minimum atomic E-state index is -0.631. The van der Waals surface area contributed by atoms with E-state index in [-0.39, 0.29) is 31.5 Å². The number of ether oxygens (including phenoxy) is 6. The van der Waals surface area contributed by atoms with Crippen molar-refractivity contribution >= 4 is 0 Å². The maximum Gasteiger partial charge on any atom is 0.187 e. The number of hydrogen-bond donors (Lipinski definition) is 1. The van der Waals surface area contributed by atoms with Crippen LogP contribution in [0.2, 0.25) is 0 Å². The quantitative estimate of drug-likeness (QED) is 0.637. The Labute approximate surface area is 113 Å². The molecule has 0 amide bonds. The highest BCUT2D eigenvalue weighted by atomic mass is 16.7. The third-order valence-corrected chi connectivity index (χ3v) is 3.11. The zero-order valence-electron chi connectivity index (χ0n) is 11.9. The Bertz CT molecular complexity index is 238. The minimum absolute atomic E-state index is 0.0867. The van der Waals surface area contributed by atoms with Crippen molar-refractivity contribution in [1.29, 1.82) is 0 Å². The van der Waals surface area contributed by atoms with Crippen LogP contribution in [0.5, 0.6) is 0 Å². The minimum Gasteiger partial charge on any atom is -0.394 e. The predicted molar refractivity (Wildman–Crippen MR) is 66.0 cm³/mol. The predicted octanol–water partition coefficient (Wildman–Crippen LogP) is -0.588. The van der Waals surface area contributed by atoms with E-state index in [1.807, 2.05) is 0 Å². The number of aliphatic hydroxyl groups excluding tert-OH is 1. The normalized spacial score (nSPS) is 35.5. The Balaban J connectivity index is 2.82. The van der Waals surface area contributed by atoms with Crippen LogP contribution in [-0.4, -0.2) is 84.1 Å². The fourth-order valence-electron chi connectivity index (χ4n) is 2.28. The summed E-state index contributed by atoms with van der Waals surface area (Å²) in [4.78, 5) is 0. The van der Waals surface area contributed by atoms with Crippen LogP contribution in [0.3, 0.4) is 0 Å². The van der Waals surface area contributed by atoms with Gasteiger partial charge >= 0.3 is 0 Å².